The van der Waals surface area contributed by atoms with E-state index in [9.17, 15) is 13.2 Å². The van der Waals surface area contributed by atoms with Crippen LogP contribution < -0.4 is 20.3 Å². The summed E-state index contributed by atoms with van der Waals surface area (Å²) in [6.07, 6.45) is 0.634. The Morgan fingerprint density at radius 2 is 1.51 bits per heavy atom. The van der Waals surface area contributed by atoms with Gasteiger partial charge in [0, 0.05) is 31.5 Å². The number of hydrogen-bond acceptors (Lipinski definition) is 6. The van der Waals surface area contributed by atoms with Crippen molar-refractivity contribution in [1.29, 1.82) is 0 Å². The zero-order valence-corrected chi connectivity index (χ0v) is 22.3. The van der Waals surface area contributed by atoms with Gasteiger partial charge in [-0.1, -0.05) is 72.0 Å². The number of aromatic nitrogens is 1. The summed E-state index contributed by atoms with van der Waals surface area (Å²) in [5, 5.41) is 8.55. The normalized spacial score (nSPS) is 11.2. The first-order valence-electron chi connectivity index (χ1n) is 11.7. The fourth-order valence-corrected chi connectivity index (χ4v) is 5.85. The van der Waals surface area contributed by atoms with Crippen LogP contribution in [0.5, 0.6) is 0 Å². The third-order valence-electron chi connectivity index (χ3n) is 5.79. The smallest absolute Gasteiger partial charge is 0.328 e. The molecule has 0 aliphatic carbocycles. The Labute approximate surface area is 221 Å². The van der Waals surface area contributed by atoms with Crippen LogP contribution in [0, 0.1) is 6.92 Å². The average molecular weight is 536 g/mol. The highest BCUT2D eigenvalue weighted by molar-refractivity contribution is 7.91. The van der Waals surface area contributed by atoms with Crippen molar-refractivity contribution in [3.8, 4) is 11.1 Å². The molecule has 0 atom stereocenters. The van der Waals surface area contributed by atoms with Crippen LogP contribution in [0.4, 0.5) is 21.3 Å². The van der Waals surface area contributed by atoms with E-state index in [1.54, 1.807) is 6.92 Å². The van der Waals surface area contributed by atoms with Crippen molar-refractivity contribution in [3.05, 3.63) is 90.6 Å². The SMILES string of the molecule is Cc1nc(N(CCCN(C)c2ccccc2)C(=O)Nc2ccc(-c3ccccc3)cc2)sc1S(N)(=O)=O. The predicted molar refractivity (Wildman–Crippen MR) is 151 cm³/mol. The largest absolute Gasteiger partial charge is 0.375 e. The molecule has 0 aliphatic heterocycles. The molecule has 8 nitrogen and oxygen atoms in total. The van der Waals surface area contributed by atoms with Crippen molar-refractivity contribution in [2.24, 2.45) is 5.14 Å². The molecule has 0 saturated heterocycles. The molecule has 37 heavy (non-hydrogen) atoms. The third kappa shape index (κ3) is 6.73. The lowest BCUT2D eigenvalue weighted by Gasteiger charge is -2.23. The van der Waals surface area contributed by atoms with E-state index in [2.05, 4.69) is 15.2 Å². The van der Waals surface area contributed by atoms with E-state index in [-0.39, 0.29) is 15.0 Å². The maximum absolute atomic E-state index is 13.4. The highest BCUT2D eigenvalue weighted by Crippen LogP contribution is 2.30. The summed E-state index contributed by atoms with van der Waals surface area (Å²) in [7, 11) is -1.96. The Kier molecular flexibility index (Phi) is 8.22. The molecule has 3 aromatic carbocycles. The van der Waals surface area contributed by atoms with E-state index >= 15 is 0 Å². The first kappa shape index (κ1) is 26.3. The van der Waals surface area contributed by atoms with Crippen molar-refractivity contribution < 1.29 is 13.2 Å². The number of nitrogens with zero attached hydrogens (tertiary/aromatic N) is 3. The Morgan fingerprint density at radius 3 is 2.11 bits per heavy atom. The lowest BCUT2D eigenvalue weighted by atomic mass is 10.1. The number of rotatable bonds is 9. The Morgan fingerprint density at radius 1 is 0.919 bits per heavy atom. The molecule has 4 rings (SSSR count). The number of hydrogen-bond donors (Lipinski definition) is 2. The van der Waals surface area contributed by atoms with Crippen molar-refractivity contribution in [1.82, 2.24) is 4.98 Å². The van der Waals surface area contributed by atoms with Crippen molar-refractivity contribution in [2.75, 3.05) is 35.3 Å². The van der Waals surface area contributed by atoms with Crippen LogP contribution in [0.25, 0.3) is 11.1 Å². The topological polar surface area (TPSA) is 109 Å². The van der Waals surface area contributed by atoms with Crippen LogP contribution in [0.15, 0.2) is 89.1 Å². The summed E-state index contributed by atoms with van der Waals surface area (Å²) in [6, 6.07) is 27.1. The molecule has 2 amide bonds. The Hall–Kier alpha value is -3.73. The molecule has 0 unspecified atom stereocenters. The van der Waals surface area contributed by atoms with Gasteiger partial charge >= 0.3 is 6.03 Å². The summed E-state index contributed by atoms with van der Waals surface area (Å²) in [4.78, 5) is 21.3. The molecular formula is C27H29N5O3S2. The van der Waals surface area contributed by atoms with Crippen molar-refractivity contribution in [3.63, 3.8) is 0 Å². The molecular weight excluding hydrogens is 506 g/mol. The molecule has 1 heterocycles. The van der Waals surface area contributed by atoms with E-state index in [1.807, 2.05) is 92.0 Å². The van der Waals surface area contributed by atoms with Gasteiger partial charge in [-0.3, -0.25) is 4.90 Å². The Balaban J connectivity index is 1.51. The third-order valence-corrected chi connectivity index (χ3v) is 8.53. The Bertz CT molecular complexity index is 1440. The number of primary sulfonamides is 1. The molecule has 0 spiro atoms. The van der Waals surface area contributed by atoms with Gasteiger partial charge in [0.2, 0.25) is 10.0 Å². The van der Waals surface area contributed by atoms with Crippen LogP contribution in [-0.2, 0) is 10.0 Å². The molecule has 4 aromatic rings. The van der Waals surface area contributed by atoms with Gasteiger partial charge in [0.1, 0.15) is 0 Å². The zero-order valence-electron chi connectivity index (χ0n) is 20.7. The summed E-state index contributed by atoms with van der Waals surface area (Å²) < 4.78 is 23.9. The van der Waals surface area contributed by atoms with Crippen LogP contribution in [0.1, 0.15) is 12.1 Å². The quantitative estimate of drug-likeness (QED) is 0.301. The average Bonchev–Trinajstić information content (AvgIpc) is 3.29. The highest BCUT2D eigenvalue weighted by Gasteiger charge is 2.25. The molecule has 0 bridgehead atoms. The van der Waals surface area contributed by atoms with E-state index in [0.717, 1.165) is 28.2 Å². The number of urea groups is 1. The molecule has 1 aromatic heterocycles. The van der Waals surface area contributed by atoms with Gasteiger partial charge in [0.15, 0.2) is 9.34 Å². The molecule has 192 valence electrons. The zero-order chi connectivity index (χ0) is 26.4. The number of nitrogens with two attached hydrogens (primary N) is 1. The summed E-state index contributed by atoms with van der Waals surface area (Å²) in [6.45, 7) is 2.59. The fourth-order valence-electron chi connectivity index (χ4n) is 3.88. The molecule has 0 saturated carbocycles. The monoisotopic (exact) mass is 535 g/mol. The number of nitrogens with one attached hydrogen (secondary N) is 1. The minimum Gasteiger partial charge on any atom is -0.375 e. The maximum atomic E-state index is 13.4. The first-order valence-corrected chi connectivity index (χ1v) is 14.1. The van der Waals surface area contributed by atoms with Crippen LogP contribution >= 0.6 is 11.3 Å². The number of benzene rings is 3. The summed E-state index contributed by atoms with van der Waals surface area (Å²) in [5.74, 6) is 0. The lowest BCUT2D eigenvalue weighted by molar-refractivity contribution is 0.257. The molecule has 3 N–H and O–H groups in total. The van der Waals surface area contributed by atoms with Gasteiger partial charge in [-0.15, -0.1) is 0 Å². The van der Waals surface area contributed by atoms with E-state index < -0.39 is 16.1 Å². The molecule has 10 heteroatoms. The number of carbonyl (C=O) groups excluding carboxylic acids is 1. The number of carbonyl (C=O) groups is 1. The summed E-state index contributed by atoms with van der Waals surface area (Å²) in [5.41, 5.74) is 4.08. The fraction of sp³-hybridized carbons (Fsp3) is 0.185. The second-order valence-electron chi connectivity index (χ2n) is 8.55. The van der Waals surface area contributed by atoms with Gasteiger partial charge < -0.3 is 10.2 Å². The van der Waals surface area contributed by atoms with Gasteiger partial charge in [0.05, 0.1) is 5.69 Å². The number of aryl methyl sites for hydroxylation is 1. The van der Waals surface area contributed by atoms with Gasteiger partial charge in [-0.05, 0) is 48.7 Å². The van der Waals surface area contributed by atoms with Crippen molar-refractivity contribution in [2.45, 2.75) is 17.6 Å². The van der Waals surface area contributed by atoms with Crippen LogP contribution in [0.2, 0.25) is 0 Å². The lowest BCUT2D eigenvalue weighted by Crippen LogP contribution is -2.37. The molecule has 0 fully saturated rings. The van der Waals surface area contributed by atoms with Gasteiger partial charge in [0.25, 0.3) is 0 Å². The number of para-hydroxylation sites is 1. The molecule has 0 radical (unpaired) electrons. The van der Waals surface area contributed by atoms with Crippen LogP contribution in [-0.4, -0.2) is 39.6 Å². The van der Waals surface area contributed by atoms with E-state index in [0.29, 0.717) is 25.2 Å². The second kappa shape index (κ2) is 11.5. The number of thiazole rings is 1. The van der Waals surface area contributed by atoms with Gasteiger partial charge in [-0.25, -0.2) is 23.3 Å². The number of sulfonamides is 1. The van der Waals surface area contributed by atoms with Gasteiger partial charge in [-0.2, -0.15) is 0 Å². The van der Waals surface area contributed by atoms with Crippen molar-refractivity contribution >= 4 is 43.9 Å². The second-order valence-corrected chi connectivity index (χ2v) is 11.3. The first-order chi connectivity index (χ1) is 17.7. The van der Waals surface area contributed by atoms with E-state index in [1.165, 1.54) is 4.90 Å². The predicted octanol–water partition coefficient (Wildman–Crippen LogP) is 5.33. The minimum atomic E-state index is -3.94. The maximum Gasteiger partial charge on any atom is 0.328 e. The number of anilines is 3. The summed E-state index contributed by atoms with van der Waals surface area (Å²) >= 11 is 0.896. The van der Waals surface area contributed by atoms with E-state index in [4.69, 9.17) is 5.14 Å². The highest BCUT2D eigenvalue weighted by atomic mass is 32.2. The number of amides is 2. The minimum absolute atomic E-state index is 0.0473. The van der Waals surface area contributed by atoms with Crippen LogP contribution in [0.3, 0.4) is 0 Å². The standard InChI is InChI=1S/C27H29N5O3S2/c1-20-25(37(28,34)35)36-27(29-20)32(19-9-18-31(2)24-12-7-4-8-13-24)26(33)30-23-16-14-22(15-17-23)21-10-5-3-6-11-21/h3-8,10-17H,9,18-19H2,1-2H3,(H,30,33)(H2,28,34,35). The molecule has 0 aliphatic rings.